The molecule has 0 aromatic rings. The van der Waals surface area contributed by atoms with Crippen LogP contribution in [-0.2, 0) is 18.9 Å². The van der Waals surface area contributed by atoms with Crippen LogP contribution in [0.2, 0.25) is 0 Å². The number of rotatable bonds is 2. The first-order chi connectivity index (χ1) is 3.81. The lowest BCUT2D eigenvalue weighted by atomic mass is 11.4. The summed E-state index contributed by atoms with van der Waals surface area (Å²) in [6.45, 7) is 0. The van der Waals surface area contributed by atoms with Crippen LogP contribution >= 0.6 is 0 Å². The van der Waals surface area contributed by atoms with Crippen molar-refractivity contribution in [1.29, 1.82) is 0 Å². The molecule has 5 nitrogen and oxygen atoms in total. The van der Waals surface area contributed by atoms with E-state index in [2.05, 4.69) is 18.9 Å². The Labute approximate surface area is 51.8 Å². The third-order valence-corrected chi connectivity index (χ3v) is 0.636. The molecule has 0 rings (SSSR count). The van der Waals surface area contributed by atoms with Crippen molar-refractivity contribution in [3.63, 3.8) is 0 Å². The van der Waals surface area contributed by atoms with Crippen LogP contribution in [0.3, 0.4) is 0 Å². The van der Waals surface area contributed by atoms with E-state index in [1.54, 1.807) is 0 Å². The Morgan fingerprint density at radius 1 is 1.12 bits per heavy atom. The Kier molecular flexibility index (Phi) is 4.55. The summed E-state index contributed by atoms with van der Waals surface area (Å²) in [5, 5.41) is 0. The molecule has 0 aliphatic heterocycles. The van der Waals surface area contributed by atoms with E-state index in [9.17, 15) is 4.79 Å². The van der Waals surface area contributed by atoms with Gasteiger partial charge in [-0.15, -0.1) is 0 Å². The van der Waals surface area contributed by atoms with Crippen molar-refractivity contribution in [1.82, 2.24) is 0 Å². The molecular formula is CH6O5Si2. The standard InChI is InChI=1S/CH6O5Si2/c2-1(3-5-7)4-6-8/h7-8H3. The fourth-order valence-corrected chi connectivity index (χ4v) is 0.422. The summed E-state index contributed by atoms with van der Waals surface area (Å²) in [6, 6.07) is 0. The predicted octanol–water partition coefficient (Wildman–Crippen LogP) is -2.44. The Balaban J connectivity index is 3.06. The SMILES string of the molecule is O=C(OO[SiH3])OO[SiH3]. The van der Waals surface area contributed by atoms with Crippen molar-refractivity contribution in [3.05, 3.63) is 0 Å². The summed E-state index contributed by atoms with van der Waals surface area (Å²) in [7, 11) is 0.653. The van der Waals surface area contributed by atoms with E-state index in [1.165, 1.54) is 0 Å². The van der Waals surface area contributed by atoms with Crippen molar-refractivity contribution in [2.45, 2.75) is 0 Å². The van der Waals surface area contributed by atoms with E-state index in [4.69, 9.17) is 0 Å². The summed E-state index contributed by atoms with van der Waals surface area (Å²) >= 11 is 0. The maximum Gasteiger partial charge on any atom is 0.571 e. The maximum absolute atomic E-state index is 9.99. The Hall–Kier alpha value is -0.376. The first kappa shape index (κ1) is 7.62. The maximum atomic E-state index is 9.99. The Bertz CT molecular complexity index is 64.8. The van der Waals surface area contributed by atoms with E-state index >= 15 is 0 Å². The van der Waals surface area contributed by atoms with Gasteiger partial charge in [-0.05, 0) is 0 Å². The molecule has 0 aromatic carbocycles. The van der Waals surface area contributed by atoms with Gasteiger partial charge in [-0.3, -0.25) is 9.78 Å². The summed E-state index contributed by atoms with van der Waals surface area (Å²) in [5.74, 6) is 0. The fraction of sp³-hybridized carbons (Fsp3) is 0. The molecule has 0 aliphatic rings. The summed E-state index contributed by atoms with van der Waals surface area (Å²) in [5.41, 5.74) is 0. The van der Waals surface area contributed by atoms with Gasteiger partial charge in [0.05, 0.1) is 0 Å². The van der Waals surface area contributed by atoms with Crippen molar-refractivity contribution < 1.29 is 23.7 Å². The van der Waals surface area contributed by atoms with Gasteiger partial charge in [0.2, 0.25) is 21.0 Å². The lowest BCUT2D eigenvalue weighted by Gasteiger charge is -1.96. The molecule has 0 radical (unpaired) electrons. The van der Waals surface area contributed by atoms with Gasteiger partial charge in [0.1, 0.15) is 0 Å². The first-order valence-electron chi connectivity index (χ1n) is 1.76. The molecule has 48 valence electrons. The topological polar surface area (TPSA) is 54.0 Å². The smallest absolute Gasteiger partial charge is 0.271 e. The van der Waals surface area contributed by atoms with Gasteiger partial charge in [0.25, 0.3) is 0 Å². The molecule has 0 fully saturated rings. The van der Waals surface area contributed by atoms with Crippen molar-refractivity contribution in [2.75, 3.05) is 0 Å². The van der Waals surface area contributed by atoms with E-state index in [0.717, 1.165) is 0 Å². The van der Waals surface area contributed by atoms with Crippen LogP contribution < -0.4 is 0 Å². The molecule has 0 saturated heterocycles. The quantitative estimate of drug-likeness (QED) is 0.251. The minimum Gasteiger partial charge on any atom is -0.271 e. The van der Waals surface area contributed by atoms with Gasteiger partial charge in [-0.25, -0.2) is 9.15 Å². The zero-order valence-corrected chi connectivity index (χ0v) is 8.54. The van der Waals surface area contributed by atoms with Crippen LogP contribution in [0.15, 0.2) is 0 Å². The minimum atomic E-state index is -0.963. The Morgan fingerprint density at radius 3 is 1.75 bits per heavy atom. The highest BCUT2D eigenvalue weighted by atomic mass is 28.2. The molecule has 0 spiro atoms. The monoisotopic (exact) mass is 154 g/mol. The molecule has 0 aliphatic carbocycles. The van der Waals surface area contributed by atoms with Gasteiger partial charge in [0, 0.05) is 0 Å². The van der Waals surface area contributed by atoms with Crippen LogP contribution in [0.25, 0.3) is 0 Å². The van der Waals surface area contributed by atoms with Gasteiger partial charge >= 0.3 is 6.16 Å². The van der Waals surface area contributed by atoms with E-state index in [-0.39, 0.29) is 0 Å². The first-order valence-corrected chi connectivity index (χ1v) is 3.40. The summed E-state index contributed by atoms with van der Waals surface area (Å²) < 4.78 is 8.11. The highest BCUT2D eigenvalue weighted by molar-refractivity contribution is 5.98. The molecule has 0 bridgehead atoms. The average Bonchev–Trinajstić information content (AvgIpc) is 1.68. The van der Waals surface area contributed by atoms with Crippen molar-refractivity contribution in [2.24, 2.45) is 0 Å². The van der Waals surface area contributed by atoms with E-state index in [0.29, 0.717) is 21.0 Å². The third kappa shape index (κ3) is 3.80. The van der Waals surface area contributed by atoms with E-state index < -0.39 is 6.16 Å². The van der Waals surface area contributed by atoms with Crippen LogP contribution in [0.1, 0.15) is 0 Å². The summed E-state index contributed by atoms with van der Waals surface area (Å²) in [4.78, 5) is 17.8. The van der Waals surface area contributed by atoms with Gasteiger partial charge in [0.15, 0.2) is 0 Å². The molecule has 0 N–H and O–H groups in total. The van der Waals surface area contributed by atoms with Crippen LogP contribution in [0.5, 0.6) is 0 Å². The van der Waals surface area contributed by atoms with Gasteiger partial charge in [-0.2, -0.15) is 4.79 Å². The molecule has 8 heavy (non-hydrogen) atoms. The van der Waals surface area contributed by atoms with Gasteiger partial charge in [-0.1, -0.05) is 0 Å². The molecular weight excluding hydrogens is 148 g/mol. The normalized spacial score (nSPS) is 9.00. The lowest BCUT2D eigenvalue weighted by molar-refractivity contribution is -0.233. The molecule has 0 heterocycles. The molecule has 0 atom stereocenters. The summed E-state index contributed by atoms with van der Waals surface area (Å²) in [6.07, 6.45) is -0.963. The zero-order valence-electron chi connectivity index (χ0n) is 4.54. The highest BCUT2D eigenvalue weighted by Gasteiger charge is 2.00. The lowest BCUT2D eigenvalue weighted by Crippen LogP contribution is -2.05. The van der Waals surface area contributed by atoms with E-state index in [1.807, 2.05) is 0 Å². The number of carbonyl (C=O) groups excluding carboxylic acids is 1. The zero-order chi connectivity index (χ0) is 6.41. The van der Waals surface area contributed by atoms with Crippen molar-refractivity contribution >= 4 is 27.1 Å². The molecule has 0 amide bonds. The third-order valence-electron chi connectivity index (χ3n) is 0.303. The molecule has 7 heteroatoms. The fourth-order valence-electron chi connectivity index (χ4n) is 0.150. The molecule has 0 saturated carbocycles. The minimum absolute atomic E-state index is 0.327. The number of hydrogen-bond donors (Lipinski definition) is 0. The molecule has 0 unspecified atom stereocenters. The highest BCUT2D eigenvalue weighted by Crippen LogP contribution is 1.81. The number of hydrogen-bond acceptors (Lipinski definition) is 5. The van der Waals surface area contributed by atoms with Gasteiger partial charge < -0.3 is 0 Å². The van der Waals surface area contributed by atoms with Crippen molar-refractivity contribution in [3.8, 4) is 0 Å². The molecule has 0 aromatic heterocycles. The largest absolute Gasteiger partial charge is 0.571 e. The second-order valence-electron chi connectivity index (χ2n) is 0.750. The average molecular weight is 154 g/mol. The van der Waals surface area contributed by atoms with Crippen LogP contribution in [-0.4, -0.2) is 27.1 Å². The Morgan fingerprint density at radius 2 is 1.50 bits per heavy atom. The second-order valence-corrected chi connectivity index (χ2v) is 1.42. The van der Waals surface area contributed by atoms with Crippen LogP contribution in [0.4, 0.5) is 4.79 Å². The second kappa shape index (κ2) is 4.77. The van der Waals surface area contributed by atoms with Crippen LogP contribution in [0, 0.1) is 0 Å². The predicted molar refractivity (Wildman–Crippen MR) is 29.6 cm³/mol. The number of carbonyl (C=O) groups is 1.